The third-order valence-electron chi connectivity index (χ3n) is 1.93. The van der Waals surface area contributed by atoms with Gasteiger partial charge in [-0.1, -0.05) is 12.1 Å². The molecule has 4 heteroatoms. The first-order valence-corrected chi connectivity index (χ1v) is 4.32. The lowest BCUT2D eigenvalue weighted by atomic mass is 10.2. The average Bonchev–Trinajstić information content (AvgIpc) is 2.20. The van der Waals surface area contributed by atoms with Crippen molar-refractivity contribution in [3.05, 3.63) is 35.6 Å². The molecule has 1 rings (SSSR count). The summed E-state index contributed by atoms with van der Waals surface area (Å²) in [6.07, 6.45) is 0. The lowest BCUT2D eigenvalue weighted by Gasteiger charge is -2.15. The van der Waals surface area contributed by atoms with Crippen LogP contribution in [0.15, 0.2) is 24.3 Å². The molecule has 1 aromatic rings. The van der Waals surface area contributed by atoms with Crippen molar-refractivity contribution in [2.75, 3.05) is 13.6 Å². The number of hydrogen-bond acceptors (Lipinski definition) is 2. The molecule has 0 unspecified atom stereocenters. The van der Waals surface area contributed by atoms with Crippen LogP contribution in [0, 0.1) is 5.82 Å². The van der Waals surface area contributed by atoms with E-state index >= 15 is 0 Å². The van der Waals surface area contributed by atoms with Gasteiger partial charge in [-0.25, -0.2) is 4.39 Å². The van der Waals surface area contributed by atoms with Crippen molar-refractivity contribution < 1.29 is 9.18 Å². The molecule has 0 fully saturated rings. The molecule has 0 radical (unpaired) electrons. The smallest absolute Gasteiger partial charge is 0.236 e. The molecule has 0 atom stereocenters. The van der Waals surface area contributed by atoms with Crippen LogP contribution in [0.25, 0.3) is 0 Å². The average molecular weight is 196 g/mol. The summed E-state index contributed by atoms with van der Waals surface area (Å²) in [7, 11) is 1.67. The Kier molecular flexibility index (Phi) is 3.59. The summed E-state index contributed by atoms with van der Waals surface area (Å²) in [6.45, 7) is 0.452. The second kappa shape index (κ2) is 4.72. The van der Waals surface area contributed by atoms with Gasteiger partial charge in [0.1, 0.15) is 5.82 Å². The highest BCUT2D eigenvalue weighted by molar-refractivity contribution is 5.77. The van der Waals surface area contributed by atoms with E-state index in [1.165, 1.54) is 17.0 Å². The van der Waals surface area contributed by atoms with Gasteiger partial charge in [-0.3, -0.25) is 4.79 Å². The normalized spacial score (nSPS) is 9.93. The van der Waals surface area contributed by atoms with Crippen LogP contribution in [0.4, 0.5) is 4.39 Å². The van der Waals surface area contributed by atoms with E-state index in [0.29, 0.717) is 6.54 Å². The summed E-state index contributed by atoms with van der Waals surface area (Å²) in [6, 6.07) is 6.04. The second-order valence-electron chi connectivity index (χ2n) is 3.08. The van der Waals surface area contributed by atoms with Crippen LogP contribution in [-0.2, 0) is 11.3 Å². The Labute approximate surface area is 82.3 Å². The predicted molar refractivity (Wildman–Crippen MR) is 51.9 cm³/mol. The van der Waals surface area contributed by atoms with E-state index in [4.69, 9.17) is 5.73 Å². The van der Waals surface area contributed by atoms with Gasteiger partial charge in [-0.15, -0.1) is 0 Å². The first kappa shape index (κ1) is 10.7. The lowest BCUT2D eigenvalue weighted by Crippen LogP contribution is -2.32. The topological polar surface area (TPSA) is 46.3 Å². The largest absolute Gasteiger partial charge is 0.340 e. The molecule has 0 saturated carbocycles. The maximum absolute atomic E-state index is 12.5. The van der Waals surface area contributed by atoms with Crippen molar-refractivity contribution >= 4 is 5.91 Å². The van der Waals surface area contributed by atoms with Gasteiger partial charge in [0.2, 0.25) is 5.91 Å². The number of halogens is 1. The number of nitrogens with zero attached hydrogens (tertiary/aromatic N) is 1. The van der Waals surface area contributed by atoms with Crippen LogP contribution < -0.4 is 5.73 Å². The van der Waals surface area contributed by atoms with Crippen LogP contribution in [0.1, 0.15) is 5.56 Å². The maximum atomic E-state index is 12.5. The molecule has 76 valence electrons. The highest BCUT2D eigenvalue weighted by atomic mass is 19.1. The van der Waals surface area contributed by atoms with Gasteiger partial charge in [-0.2, -0.15) is 0 Å². The highest BCUT2D eigenvalue weighted by Crippen LogP contribution is 2.05. The van der Waals surface area contributed by atoms with Gasteiger partial charge >= 0.3 is 0 Å². The fraction of sp³-hybridized carbons (Fsp3) is 0.300. The SMILES string of the molecule is CN(Cc1ccc(F)cc1)C(=O)CN. The Morgan fingerprint density at radius 3 is 2.50 bits per heavy atom. The van der Waals surface area contributed by atoms with Gasteiger partial charge in [0.15, 0.2) is 0 Å². The maximum Gasteiger partial charge on any atom is 0.236 e. The number of carbonyl (C=O) groups excluding carboxylic acids is 1. The summed E-state index contributed by atoms with van der Waals surface area (Å²) in [5.74, 6) is -0.407. The van der Waals surface area contributed by atoms with Crippen LogP contribution in [0.2, 0.25) is 0 Å². The van der Waals surface area contributed by atoms with E-state index < -0.39 is 0 Å². The van der Waals surface area contributed by atoms with Crippen molar-refractivity contribution in [1.82, 2.24) is 4.90 Å². The molecule has 0 aliphatic carbocycles. The fourth-order valence-electron chi connectivity index (χ4n) is 1.11. The molecule has 1 aromatic carbocycles. The number of likely N-dealkylation sites (N-methyl/N-ethyl adjacent to an activating group) is 1. The van der Waals surface area contributed by atoms with E-state index in [-0.39, 0.29) is 18.3 Å². The molecule has 0 heterocycles. The third-order valence-corrected chi connectivity index (χ3v) is 1.93. The summed E-state index contributed by atoms with van der Waals surface area (Å²) in [4.78, 5) is 12.6. The van der Waals surface area contributed by atoms with Gasteiger partial charge in [0, 0.05) is 13.6 Å². The van der Waals surface area contributed by atoms with Crippen molar-refractivity contribution in [2.45, 2.75) is 6.54 Å². The Morgan fingerprint density at radius 1 is 1.43 bits per heavy atom. The molecule has 0 aliphatic heterocycles. The highest BCUT2D eigenvalue weighted by Gasteiger charge is 2.06. The number of carbonyl (C=O) groups is 1. The van der Waals surface area contributed by atoms with Gasteiger partial charge < -0.3 is 10.6 Å². The zero-order chi connectivity index (χ0) is 10.6. The van der Waals surface area contributed by atoms with Gasteiger partial charge in [-0.05, 0) is 17.7 Å². The van der Waals surface area contributed by atoms with Crippen molar-refractivity contribution in [3.63, 3.8) is 0 Å². The summed E-state index contributed by atoms with van der Waals surface area (Å²) >= 11 is 0. The van der Waals surface area contributed by atoms with Crippen LogP contribution >= 0.6 is 0 Å². The van der Waals surface area contributed by atoms with Gasteiger partial charge in [0.25, 0.3) is 0 Å². The Morgan fingerprint density at radius 2 is 2.00 bits per heavy atom. The number of amides is 1. The van der Waals surface area contributed by atoms with Crippen LogP contribution in [0.3, 0.4) is 0 Å². The minimum absolute atomic E-state index is 0.00229. The molecule has 0 aliphatic rings. The predicted octanol–water partition coefficient (Wildman–Crippen LogP) is 0.743. The molecule has 2 N–H and O–H groups in total. The Hall–Kier alpha value is -1.42. The number of rotatable bonds is 3. The van der Waals surface area contributed by atoms with E-state index in [9.17, 15) is 9.18 Å². The van der Waals surface area contributed by atoms with Crippen molar-refractivity contribution in [3.8, 4) is 0 Å². The molecule has 0 spiro atoms. The van der Waals surface area contributed by atoms with Gasteiger partial charge in [0.05, 0.1) is 6.54 Å². The van der Waals surface area contributed by atoms with E-state index in [1.54, 1.807) is 19.2 Å². The molecule has 0 saturated heterocycles. The number of nitrogens with two attached hydrogens (primary N) is 1. The number of benzene rings is 1. The van der Waals surface area contributed by atoms with E-state index in [0.717, 1.165) is 5.56 Å². The molecule has 0 aromatic heterocycles. The summed E-state index contributed by atoms with van der Waals surface area (Å²) in [5, 5.41) is 0. The standard InChI is InChI=1S/C10H13FN2O/c1-13(10(14)6-12)7-8-2-4-9(11)5-3-8/h2-5H,6-7,12H2,1H3. The lowest BCUT2D eigenvalue weighted by molar-refractivity contribution is -0.128. The zero-order valence-corrected chi connectivity index (χ0v) is 8.03. The number of hydrogen-bond donors (Lipinski definition) is 1. The van der Waals surface area contributed by atoms with Crippen molar-refractivity contribution in [1.29, 1.82) is 0 Å². The summed E-state index contributed by atoms with van der Waals surface area (Å²) in [5.41, 5.74) is 6.08. The third kappa shape index (κ3) is 2.81. The second-order valence-corrected chi connectivity index (χ2v) is 3.08. The first-order chi connectivity index (χ1) is 6.63. The molecule has 3 nitrogen and oxygen atoms in total. The molecular weight excluding hydrogens is 183 g/mol. The minimum Gasteiger partial charge on any atom is -0.340 e. The zero-order valence-electron chi connectivity index (χ0n) is 8.03. The Balaban J connectivity index is 2.60. The quantitative estimate of drug-likeness (QED) is 0.775. The molecule has 14 heavy (non-hydrogen) atoms. The van der Waals surface area contributed by atoms with E-state index in [1.807, 2.05) is 0 Å². The van der Waals surface area contributed by atoms with Crippen LogP contribution in [-0.4, -0.2) is 24.4 Å². The minimum atomic E-state index is -0.276. The molecular formula is C10H13FN2O. The Bertz CT molecular complexity index is 310. The fourth-order valence-corrected chi connectivity index (χ4v) is 1.11. The summed E-state index contributed by atoms with van der Waals surface area (Å²) < 4.78 is 12.5. The van der Waals surface area contributed by atoms with Crippen molar-refractivity contribution in [2.24, 2.45) is 5.73 Å². The molecule has 0 bridgehead atoms. The monoisotopic (exact) mass is 196 g/mol. The first-order valence-electron chi connectivity index (χ1n) is 4.32. The molecule has 1 amide bonds. The van der Waals surface area contributed by atoms with Crippen LogP contribution in [0.5, 0.6) is 0 Å². The van der Waals surface area contributed by atoms with E-state index in [2.05, 4.69) is 0 Å².